The Labute approximate surface area is 100 Å². The highest BCUT2D eigenvalue weighted by molar-refractivity contribution is 7.11. The van der Waals surface area contributed by atoms with Gasteiger partial charge in [0.25, 0.3) is 0 Å². The van der Waals surface area contributed by atoms with Gasteiger partial charge in [-0.25, -0.2) is 4.98 Å². The summed E-state index contributed by atoms with van der Waals surface area (Å²) < 4.78 is 42.3. The van der Waals surface area contributed by atoms with Crippen molar-refractivity contribution in [3.8, 4) is 0 Å². The SMILES string of the molecule is OC(CC1CCCO1)c1cnc(C(F)(F)F)s1. The first-order valence-corrected chi connectivity index (χ1v) is 6.11. The third-order valence-corrected chi connectivity index (χ3v) is 3.75. The number of alkyl halides is 3. The molecular formula is C10H12F3NO2S. The summed E-state index contributed by atoms with van der Waals surface area (Å²) in [5, 5.41) is 8.87. The second kappa shape index (κ2) is 4.91. The molecule has 1 aliphatic rings. The van der Waals surface area contributed by atoms with E-state index in [-0.39, 0.29) is 11.0 Å². The largest absolute Gasteiger partial charge is 0.443 e. The zero-order chi connectivity index (χ0) is 12.5. The molecule has 2 rings (SSSR count). The molecular weight excluding hydrogens is 255 g/mol. The highest BCUT2D eigenvalue weighted by atomic mass is 32.1. The van der Waals surface area contributed by atoms with Crippen molar-refractivity contribution in [1.29, 1.82) is 0 Å². The maximum Gasteiger partial charge on any atom is 0.443 e. The monoisotopic (exact) mass is 267 g/mol. The molecule has 96 valence electrons. The standard InChI is InChI=1S/C10H12F3NO2S/c11-10(12,13)9-14-5-8(17-9)7(15)4-6-2-1-3-16-6/h5-7,15H,1-4H2. The molecule has 2 heterocycles. The van der Waals surface area contributed by atoms with Gasteiger partial charge in [-0.1, -0.05) is 0 Å². The van der Waals surface area contributed by atoms with Crippen molar-refractivity contribution in [3.63, 3.8) is 0 Å². The van der Waals surface area contributed by atoms with Gasteiger partial charge in [0.15, 0.2) is 5.01 Å². The molecule has 2 atom stereocenters. The average molecular weight is 267 g/mol. The van der Waals surface area contributed by atoms with Gasteiger partial charge < -0.3 is 9.84 Å². The summed E-state index contributed by atoms with van der Waals surface area (Å²) in [5.41, 5.74) is 0. The van der Waals surface area contributed by atoms with Crippen molar-refractivity contribution in [2.45, 2.75) is 37.6 Å². The summed E-state index contributed by atoms with van der Waals surface area (Å²) in [5.74, 6) is 0. The fraction of sp³-hybridized carbons (Fsp3) is 0.700. The Balaban J connectivity index is 1.99. The number of thiazole rings is 1. The van der Waals surface area contributed by atoms with Gasteiger partial charge in [0.2, 0.25) is 0 Å². The Bertz CT molecular complexity index is 374. The van der Waals surface area contributed by atoms with Crippen LogP contribution in [0.3, 0.4) is 0 Å². The average Bonchev–Trinajstić information content (AvgIpc) is 2.85. The lowest BCUT2D eigenvalue weighted by molar-refractivity contribution is -0.137. The minimum absolute atomic E-state index is 0.0542. The van der Waals surface area contributed by atoms with Crippen LogP contribution in [-0.4, -0.2) is 22.8 Å². The molecule has 0 radical (unpaired) electrons. The van der Waals surface area contributed by atoms with Crippen LogP contribution in [0.25, 0.3) is 0 Å². The Hall–Kier alpha value is -0.660. The van der Waals surface area contributed by atoms with Gasteiger partial charge in [-0.3, -0.25) is 0 Å². The molecule has 0 aliphatic carbocycles. The second-order valence-corrected chi connectivity index (χ2v) is 5.01. The van der Waals surface area contributed by atoms with E-state index in [1.165, 1.54) is 0 Å². The molecule has 0 amide bonds. The Morgan fingerprint density at radius 2 is 2.35 bits per heavy atom. The lowest BCUT2D eigenvalue weighted by Crippen LogP contribution is -2.10. The summed E-state index contributed by atoms with van der Waals surface area (Å²) >= 11 is 0.490. The minimum atomic E-state index is -4.44. The van der Waals surface area contributed by atoms with Crippen LogP contribution in [0.4, 0.5) is 13.2 Å². The van der Waals surface area contributed by atoms with E-state index in [2.05, 4.69) is 4.98 Å². The van der Waals surface area contributed by atoms with Crippen molar-refractivity contribution >= 4 is 11.3 Å². The molecule has 17 heavy (non-hydrogen) atoms. The lowest BCUT2D eigenvalue weighted by atomic mass is 10.1. The molecule has 1 aliphatic heterocycles. The van der Waals surface area contributed by atoms with Gasteiger partial charge in [0.05, 0.1) is 17.1 Å². The van der Waals surface area contributed by atoms with Crippen LogP contribution < -0.4 is 0 Å². The Kier molecular flexibility index (Phi) is 3.70. The van der Waals surface area contributed by atoms with Gasteiger partial charge in [-0.15, -0.1) is 11.3 Å². The van der Waals surface area contributed by atoms with E-state index in [0.717, 1.165) is 19.0 Å². The molecule has 0 spiro atoms. The van der Waals surface area contributed by atoms with E-state index in [1.807, 2.05) is 0 Å². The molecule has 0 bridgehead atoms. The summed E-state index contributed by atoms with van der Waals surface area (Å²) in [6, 6.07) is 0. The number of rotatable bonds is 3. The van der Waals surface area contributed by atoms with Crippen molar-refractivity contribution in [1.82, 2.24) is 4.98 Å². The van der Waals surface area contributed by atoms with Crippen LogP contribution in [-0.2, 0) is 10.9 Å². The number of aliphatic hydroxyl groups is 1. The van der Waals surface area contributed by atoms with Gasteiger partial charge in [-0.05, 0) is 12.8 Å². The van der Waals surface area contributed by atoms with E-state index < -0.39 is 17.3 Å². The number of aliphatic hydroxyl groups excluding tert-OH is 1. The van der Waals surface area contributed by atoms with E-state index >= 15 is 0 Å². The Morgan fingerprint density at radius 3 is 2.88 bits per heavy atom. The Morgan fingerprint density at radius 1 is 1.59 bits per heavy atom. The lowest BCUT2D eigenvalue weighted by Gasteiger charge is -2.13. The number of ether oxygens (including phenoxy) is 1. The van der Waals surface area contributed by atoms with E-state index in [4.69, 9.17) is 4.74 Å². The molecule has 0 saturated carbocycles. The zero-order valence-electron chi connectivity index (χ0n) is 8.91. The predicted octanol–water partition coefficient (Wildman–Crippen LogP) is 2.76. The number of hydrogen-bond acceptors (Lipinski definition) is 4. The van der Waals surface area contributed by atoms with E-state index in [0.29, 0.717) is 24.4 Å². The number of aromatic nitrogens is 1. The summed E-state index contributed by atoms with van der Waals surface area (Å²) in [7, 11) is 0. The highest BCUT2D eigenvalue weighted by Gasteiger charge is 2.35. The molecule has 7 heteroatoms. The highest BCUT2D eigenvalue weighted by Crippen LogP contribution is 2.35. The predicted molar refractivity (Wildman–Crippen MR) is 55.7 cm³/mol. The summed E-state index contributed by atoms with van der Waals surface area (Å²) in [6.07, 6.45) is -2.21. The number of nitrogens with zero attached hydrogens (tertiary/aromatic N) is 1. The smallest absolute Gasteiger partial charge is 0.387 e. The summed E-state index contributed by atoms with van der Waals surface area (Å²) in [6.45, 7) is 0.661. The first kappa shape index (κ1) is 12.8. The zero-order valence-corrected chi connectivity index (χ0v) is 9.72. The second-order valence-electron chi connectivity index (χ2n) is 3.95. The molecule has 1 saturated heterocycles. The van der Waals surface area contributed by atoms with Crippen LogP contribution in [0.5, 0.6) is 0 Å². The van der Waals surface area contributed by atoms with Crippen LogP contribution in [0.1, 0.15) is 35.3 Å². The topological polar surface area (TPSA) is 42.4 Å². The molecule has 2 unspecified atom stereocenters. The van der Waals surface area contributed by atoms with Crippen LogP contribution in [0, 0.1) is 0 Å². The third-order valence-electron chi connectivity index (χ3n) is 2.60. The van der Waals surface area contributed by atoms with Gasteiger partial charge in [-0.2, -0.15) is 13.2 Å². The maximum atomic E-state index is 12.3. The maximum absolute atomic E-state index is 12.3. The number of hydrogen-bond donors (Lipinski definition) is 1. The molecule has 0 aromatic carbocycles. The van der Waals surface area contributed by atoms with Crippen molar-refractivity contribution in [3.05, 3.63) is 16.1 Å². The van der Waals surface area contributed by atoms with E-state index in [9.17, 15) is 18.3 Å². The molecule has 1 aromatic rings. The first-order valence-electron chi connectivity index (χ1n) is 5.29. The van der Waals surface area contributed by atoms with Crippen LogP contribution in [0.2, 0.25) is 0 Å². The van der Waals surface area contributed by atoms with Crippen molar-refractivity contribution in [2.24, 2.45) is 0 Å². The van der Waals surface area contributed by atoms with Gasteiger partial charge >= 0.3 is 6.18 Å². The van der Waals surface area contributed by atoms with Gasteiger partial charge in [0.1, 0.15) is 0 Å². The van der Waals surface area contributed by atoms with Crippen LogP contribution >= 0.6 is 11.3 Å². The van der Waals surface area contributed by atoms with E-state index in [1.54, 1.807) is 0 Å². The van der Waals surface area contributed by atoms with Crippen LogP contribution in [0.15, 0.2) is 6.20 Å². The van der Waals surface area contributed by atoms with Crippen molar-refractivity contribution < 1.29 is 23.0 Å². The molecule has 1 aromatic heterocycles. The fourth-order valence-electron chi connectivity index (χ4n) is 1.77. The molecule has 1 fully saturated rings. The minimum Gasteiger partial charge on any atom is -0.387 e. The van der Waals surface area contributed by atoms with Crippen molar-refractivity contribution in [2.75, 3.05) is 6.61 Å². The molecule has 3 nitrogen and oxygen atoms in total. The normalized spacial score (nSPS) is 22.9. The fourth-order valence-corrected chi connectivity index (χ4v) is 2.55. The number of halogens is 3. The first-order chi connectivity index (χ1) is 7.97. The quantitative estimate of drug-likeness (QED) is 0.915. The van der Waals surface area contributed by atoms with Gasteiger partial charge in [0, 0.05) is 19.2 Å². The third kappa shape index (κ3) is 3.17. The molecule has 1 N–H and O–H groups in total. The summed E-state index contributed by atoms with van der Waals surface area (Å²) in [4.78, 5) is 3.52.